The first kappa shape index (κ1) is 16.7. The van der Waals surface area contributed by atoms with Crippen molar-refractivity contribution in [2.75, 3.05) is 13.7 Å². The average Bonchev–Trinajstić information content (AvgIpc) is 2.48. The lowest BCUT2D eigenvalue weighted by Crippen LogP contribution is -2.38. The van der Waals surface area contributed by atoms with Gasteiger partial charge in [0.15, 0.2) is 18.1 Å². The monoisotopic (exact) mass is 305 g/mol. The summed E-state index contributed by atoms with van der Waals surface area (Å²) in [5.74, 6) is 1.23. The van der Waals surface area contributed by atoms with Gasteiger partial charge in [-0.25, -0.2) is 0 Å². The summed E-state index contributed by atoms with van der Waals surface area (Å²) in [6.07, 6.45) is 8.47. The number of aryl methyl sites for hydroxylation is 1. The molecule has 2 rings (SSSR count). The van der Waals surface area contributed by atoms with E-state index >= 15 is 0 Å². The Morgan fingerprint density at radius 3 is 2.50 bits per heavy atom. The Bertz CT molecular complexity index is 479. The molecule has 122 valence electrons. The maximum atomic E-state index is 12.1. The highest BCUT2D eigenvalue weighted by Crippen LogP contribution is 2.27. The van der Waals surface area contributed by atoms with E-state index in [-0.39, 0.29) is 12.5 Å². The van der Waals surface area contributed by atoms with Crippen LogP contribution in [0.25, 0.3) is 0 Å². The first-order chi connectivity index (χ1) is 10.7. The number of carbonyl (C=O) groups is 1. The lowest BCUT2D eigenvalue weighted by molar-refractivity contribution is -0.123. The number of hydrogen-bond donors (Lipinski definition) is 1. The first-order valence-corrected chi connectivity index (χ1v) is 8.26. The maximum absolute atomic E-state index is 12.1. The van der Waals surface area contributed by atoms with Crippen LogP contribution in [0.5, 0.6) is 11.5 Å². The molecule has 0 aromatic heterocycles. The van der Waals surface area contributed by atoms with Crippen molar-refractivity contribution in [3.8, 4) is 11.5 Å². The van der Waals surface area contributed by atoms with E-state index in [0.29, 0.717) is 17.5 Å². The summed E-state index contributed by atoms with van der Waals surface area (Å²) in [5, 5.41) is 3.10. The van der Waals surface area contributed by atoms with E-state index in [4.69, 9.17) is 9.47 Å². The Kier molecular flexibility index (Phi) is 6.56. The fourth-order valence-electron chi connectivity index (χ4n) is 2.91. The summed E-state index contributed by atoms with van der Waals surface area (Å²) in [7, 11) is 1.61. The molecular weight excluding hydrogens is 278 g/mol. The third-order valence-electron chi connectivity index (χ3n) is 4.15. The van der Waals surface area contributed by atoms with Crippen LogP contribution in [0.2, 0.25) is 0 Å². The fraction of sp³-hybridized carbons (Fsp3) is 0.611. The number of rotatable bonds is 5. The van der Waals surface area contributed by atoms with Crippen LogP contribution in [0.1, 0.15) is 50.5 Å². The number of hydrogen-bond acceptors (Lipinski definition) is 3. The van der Waals surface area contributed by atoms with Gasteiger partial charge in [-0.05, 0) is 37.5 Å². The van der Waals surface area contributed by atoms with E-state index in [1.165, 1.54) is 32.1 Å². The van der Waals surface area contributed by atoms with E-state index in [0.717, 1.165) is 18.4 Å². The zero-order valence-electron chi connectivity index (χ0n) is 13.7. The fourth-order valence-corrected chi connectivity index (χ4v) is 2.91. The standard InChI is InChI=1S/C18H27NO3/c1-14-10-11-16(17(12-14)21-2)22-13-18(20)19-15-8-6-4-3-5-7-9-15/h10-12,15H,3-9,13H2,1-2H3,(H,19,20). The minimum atomic E-state index is -0.0480. The van der Waals surface area contributed by atoms with Gasteiger partial charge in [0.05, 0.1) is 7.11 Å². The molecular formula is C18H27NO3. The molecule has 0 radical (unpaired) electrons. The summed E-state index contributed by atoms with van der Waals surface area (Å²) in [5.41, 5.74) is 1.10. The van der Waals surface area contributed by atoms with Crippen molar-refractivity contribution in [2.45, 2.75) is 57.9 Å². The van der Waals surface area contributed by atoms with E-state index in [2.05, 4.69) is 5.32 Å². The van der Waals surface area contributed by atoms with Gasteiger partial charge in [-0.15, -0.1) is 0 Å². The highest BCUT2D eigenvalue weighted by molar-refractivity contribution is 5.77. The van der Waals surface area contributed by atoms with E-state index < -0.39 is 0 Å². The molecule has 0 aliphatic heterocycles. The number of nitrogens with one attached hydrogen (secondary N) is 1. The number of amides is 1. The minimum Gasteiger partial charge on any atom is -0.493 e. The van der Waals surface area contributed by atoms with Crippen LogP contribution >= 0.6 is 0 Å². The Morgan fingerprint density at radius 2 is 1.82 bits per heavy atom. The molecule has 1 fully saturated rings. The third kappa shape index (κ3) is 5.24. The van der Waals surface area contributed by atoms with Gasteiger partial charge in [0, 0.05) is 6.04 Å². The zero-order valence-corrected chi connectivity index (χ0v) is 13.7. The minimum absolute atomic E-state index is 0.0376. The van der Waals surface area contributed by atoms with E-state index in [1.54, 1.807) is 7.11 Å². The molecule has 1 aromatic carbocycles. The number of methoxy groups -OCH3 is 1. The van der Waals surface area contributed by atoms with Gasteiger partial charge in [-0.3, -0.25) is 4.79 Å². The van der Waals surface area contributed by atoms with Gasteiger partial charge in [-0.2, -0.15) is 0 Å². The summed E-state index contributed by atoms with van der Waals surface area (Å²) in [4.78, 5) is 12.1. The van der Waals surface area contributed by atoms with Crippen LogP contribution in [-0.4, -0.2) is 25.7 Å². The maximum Gasteiger partial charge on any atom is 0.258 e. The molecule has 0 bridgehead atoms. The van der Waals surface area contributed by atoms with Gasteiger partial charge in [-0.1, -0.05) is 38.2 Å². The van der Waals surface area contributed by atoms with Crippen LogP contribution in [0, 0.1) is 6.92 Å². The van der Waals surface area contributed by atoms with Crippen LogP contribution < -0.4 is 14.8 Å². The van der Waals surface area contributed by atoms with Crippen molar-refractivity contribution in [3.63, 3.8) is 0 Å². The topological polar surface area (TPSA) is 47.6 Å². The van der Waals surface area contributed by atoms with Gasteiger partial charge in [0.25, 0.3) is 5.91 Å². The second-order valence-electron chi connectivity index (χ2n) is 6.05. The second kappa shape index (κ2) is 8.66. The molecule has 0 unspecified atom stereocenters. The zero-order chi connectivity index (χ0) is 15.8. The van der Waals surface area contributed by atoms with E-state index in [1.807, 2.05) is 25.1 Å². The molecule has 1 aliphatic rings. The Balaban J connectivity index is 1.81. The Labute approximate surface area is 133 Å². The van der Waals surface area contributed by atoms with Crippen LogP contribution in [0.3, 0.4) is 0 Å². The molecule has 0 heterocycles. The first-order valence-electron chi connectivity index (χ1n) is 8.26. The molecule has 0 saturated heterocycles. The van der Waals surface area contributed by atoms with Crippen LogP contribution in [0.15, 0.2) is 18.2 Å². The van der Waals surface area contributed by atoms with Crippen LogP contribution in [-0.2, 0) is 4.79 Å². The third-order valence-corrected chi connectivity index (χ3v) is 4.15. The average molecular weight is 305 g/mol. The SMILES string of the molecule is COc1cc(C)ccc1OCC(=O)NC1CCCCCCC1. The molecule has 4 heteroatoms. The van der Waals surface area contributed by atoms with Gasteiger partial charge < -0.3 is 14.8 Å². The van der Waals surface area contributed by atoms with Crippen molar-refractivity contribution in [1.29, 1.82) is 0 Å². The molecule has 1 amide bonds. The molecule has 1 aliphatic carbocycles. The summed E-state index contributed by atoms with van der Waals surface area (Å²) in [6.45, 7) is 2.03. The molecule has 0 spiro atoms. The Morgan fingerprint density at radius 1 is 1.14 bits per heavy atom. The van der Waals surface area contributed by atoms with Crippen molar-refractivity contribution in [2.24, 2.45) is 0 Å². The normalized spacial score (nSPS) is 16.5. The predicted octanol–water partition coefficient (Wildman–Crippen LogP) is 3.61. The second-order valence-corrected chi connectivity index (χ2v) is 6.05. The molecule has 1 saturated carbocycles. The molecule has 22 heavy (non-hydrogen) atoms. The largest absolute Gasteiger partial charge is 0.493 e. The van der Waals surface area contributed by atoms with Crippen molar-refractivity contribution in [1.82, 2.24) is 5.32 Å². The predicted molar refractivity (Wildman–Crippen MR) is 87.5 cm³/mol. The van der Waals surface area contributed by atoms with Crippen molar-refractivity contribution in [3.05, 3.63) is 23.8 Å². The van der Waals surface area contributed by atoms with E-state index in [9.17, 15) is 4.79 Å². The quantitative estimate of drug-likeness (QED) is 0.904. The molecule has 4 nitrogen and oxygen atoms in total. The molecule has 0 atom stereocenters. The Hall–Kier alpha value is -1.71. The van der Waals surface area contributed by atoms with Crippen molar-refractivity contribution < 1.29 is 14.3 Å². The lowest BCUT2D eigenvalue weighted by atomic mass is 9.97. The highest BCUT2D eigenvalue weighted by atomic mass is 16.5. The summed E-state index contributed by atoms with van der Waals surface area (Å²) >= 11 is 0. The number of benzene rings is 1. The summed E-state index contributed by atoms with van der Waals surface area (Å²) < 4.78 is 10.9. The number of carbonyl (C=O) groups excluding carboxylic acids is 1. The van der Waals surface area contributed by atoms with Gasteiger partial charge >= 0.3 is 0 Å². The van der Waals surface area contributed by atoms with Gasteiger partial charge in [0.1, 0.15) is 0 Å². The van der Waals surface area contributed by atoms with Crippen LogP contribution in [0.4, 0.5) is 0 Å². The smallest absolute Gasteiger partial charge is 0.258 e. The number of ether oxygens (including phenoxy) is 2. The summed E-state index contributed by atoms with van der Waals surface area (Å²) in [6, 6.07) is 6.00. The highest BCUT2D eigenvalue weighted by Gasteiger charge is 2.15. The molecule has 1 N–H and O–H groups in total. The van der Waals surface area contributed by atoms with Gasteiger partial charge in [0.2, 0.25) is 0 Å². The molecule has 1 aromatic rings. The lowest BCUT2D eigenvalue weighted by Gasteiger charge is -2.21. The van der Waals surface area contributed by atoms with Crippen molar-refractivity contribution >= 4 is 5.91 Å².